The minimum atomic E-state index is -1.97. The number of carbonyl (C=O) groups excluding carboxylic acids is 2. The number of benzene rings is 2. The van der Waals surface area contributed by atoms with Crippen molar-refractivity contribution in [1.82, 2.24) is 4.98 Å². The van der Waals surface area contributed by atoms with Gasteiger partial charge in [-0.2, -0.15) is 0 Å². The first-order valence-electron chi connectivity index (χ1n) is 12.3. The van der Waals surface area contributed by atoms with Gasteiger partial charge in [0.15, 0.2) is 12.6 Å². The van der Waals surface area contributed by atoms with Gasteiger partial charge in [0.2, 0.25) is 5.60 Å². The van der Waals surface area contributed by atoms with Crippen molar-refractivity contribution in [1.29, 1.82) is 0 Å². The number of piperidine rings is 3. The monoisotopic (exact) mass is 486 g/mol. The van der Waals surface area contributed by atoms with Crippen LogP contribution in [0.5, 0.6) is 11.5 Å². The van der Waals surface area contributed by atoms with Gasteiger partial charge in [0.05, 0.1) is 13.1 Å². The molecule has 1 atom stereocenters. The number of para-hydroxylation sites is 2. The highest BCUT2D eigenvalue weighted by Crippen LogP contribution is 2.48. The Bertz CT molecular complexity index is 1260. The third kappa shape index (κ3) is 3.83. The van der Waals surface area contributed by atoms with Crippen molar-refractivity contribution in [3.05, 3.63) is 84.1 Å². The van der Waals surface area contributed by atoms with E-state index in [-0.39, 0.29) is 17.9 Å². The molecule has 3 saturated heterocycles. The first kappa shape index (κ1) is 22.7. The number of pyridine rings is 1. The van der Waals surface area contributed by atoms with Crippen LogP contribution in [-0.2, 0) is 19.9 Å². The molecule has 2 aromatic carbocycles. The molecule has 0 unspecified atom stereocenters. The molecule has 36 heavy (non-hydrogen) atoms. The molecule has 8 nitrogen and oxygen atoms in total. The number of nitrogens with one attached hydrogen (secondary N) is 1. The number of fused-ring (bicyclic) bond motifs is 5. The molecule has 5 heterocycles. The number of aliphatic hydroxyl groups is 1. The number of hydrogen-bond acceptors (Lipinski definition) is 6. The zero-order chi connectivity index (χ0) is 24.8. The van der Waals surface area contributed by atoms with Crippen LogP contribution in [0.25, 0.3) is 0 Å². The van der Waals surface area contributed by atoms with Crippen LogP contribution >= 0.6 is 0 Å². The van der Waals surface area contributed by atoms with Crippen LogP contribution in [0.15, 0.2) is 72.9 Å². The fourth-order valence-electron chi connectivity index (χ4n) is 5.92. The topological polar surface area (TPSA) is 97.8 Å². The van der Waals surface area contributed by atoms with E-state index < -0.39 is 11.6 Å². The molecule has 184 valence electrons. The van der Waals surface area contributed by atoms with Gasteiger partial charge >= 0.3 is 5.97 Å². The summed E-state index contributed by atoms with van der Waals surface area (Å²) in [6, 6.07) is 19.4. The van der Waals surface area contributed by atoms with E-state index in [1.165, 1.54) is 0 Å². The van der Waals surface area contributed by atoms with E-state index in [2.05, 4.69) is 10.3 Å². The third-order valence-corrected chi connectivity index (χ3v) is 7.78. The van der Waals surface area contributed by atoms with Gasteiger partial charge in [-0.1, -0.05) is 42.5 Å². The lowest BCUT2D eigenvalue weighted by molar-refractivity contribution is -0.939. The molecule has 0 aliphatic carbocycles. The molecule has 0 spiro atoms. The fraction of sp³-hybridized carbons (Fsp3) is 0.321. The van der Waals surface area contributed by atoms with Gasteiger partial charge in [0, 0.05) is 36.1 Å². The van der Waals surface area contributed by atoms with Crippen molar-refractivity contribution >= 4 is 17.7 Å². The maximum atomic E-state index is 13.7. The van der Waals surface area contributed by atoms with E-state index in [4.69, 9.17) is 9.47 Å². The molecule has 4 aliphatic heterocycles. The number of amides is 1. The second kappa shape index (κ2) is 8.72. The van der Waals surface area contributed by atoms with Gasteiger partial charge in [-0.15, -0.1) is 0 Å². The van der Waals surface area contributed by atoms with Crippen LogP contribution < -0.4 is 10.1 Å². The van der Waals surface area contributed by atoms with Crippen LogP contribution in [0.3, 0.4) is 0 Å². The quantitative estimate of drug-likeness (QED) is 0.425. The highest BCUT2D eigenvalue weighted by molar-refractivity contribution is 5.90. The number of aromatic nitrogens is 1. The highest BCUT2D eigenvalue weighted by atomic mass is 16.6. The SMILES string of the molecule is O=C(C[N+]12CCC(CC1)[C@@H](OC(=O)C1(O)c3ccccc3Oc3ccccc31)C2)Nc1ccccn1. The Balaban J connectivity index is 1.23. The molecule has 0 radical (unpaired) electrons. The summed E-state index contributed by atoms with van der Waals surface area (Å²) in [5.74, 6) is 0.778. The van der Waals surface area contributed by atoms with Crippen molar-refractivity contribution < 1.29 is 28.7 Å². The Kier molecular flexibility index (Phi) is 5.50. The van der Waals surface area contributed by atoms with Crippen LogP contribution in [0, 0.1) is 5.92 Å². The number of anilines is 1. The smallest absolute Gasteiger partial charge is 0.348 e. The zero-order valence-corrected chi connectivity index (χ0v) is 19.8. The molecule has 7 rings (SSSR count). The summed E-state index contributed by atoms with van der Waals surface area (Å²) >= 11 is 0. The summed E-state index contributed by atoms with van der Waals surface area (Å²) in [4.78, 5) is 30.7. The first-order chi connectivity index (χ1) is 17.5. The lowest BCUT2D eigenvalue weighted by atomic mass is 9.81. The molecule has 1 amide bonds. The predicted octanol–water partition coefficient (Wildman–Crippen LogP) is 3.21. The van der Waals surface area contributed by atoms with Crippen LogP contribution in [0.4, 0.5) is 5.82 Å². The van der Waals surface area contributed by atoms with Crippen molar-refractivity contribution in [3.8, 4) is 11.5 Å². The van der Waals surface area contributed by atoms with Gasteiger partial charge in [-0.05, 0) is 24.3 Å². The van der Waals surface area contributed by atoms with Crippen molar-refractivity contribution in [2.45, 2.75) is 24.5 Å². The third-order valence-electron chi connectivity index (χ3n) is 7.78. The summed E-state index contributed by atoms with van der Waals surface area (Å²) in [6.07, 6.45) is 2.99. The number of rotatable bonds is 5. The molecule has 4 aliphatic rings. The van der Waals surface area contributed by atoms with Crippen molar-refractivity contribution in [2.75, 3.05) is 31.5 Å². The maximum Gasteiger partial charge on any atom is 0.348 e. The highest BCUT2D eigenvalue weighted by Gasteiger charge is 2.53. The Hall–Kier alpha value is -3.75. The van der Waals surface area contributed by atoms with E-state index in [1.807, 2.05) is 6.07 Å². The molecule has 0 saturated carbocycles. The van der Waals surface area contributed by atoms with Crippen molar-refractivity contribution in [3.63, 3.8) is 0 Å². The van der Waals surface area contributed by atoms with Crippen LogP contribution in [0.2, 0.25) is 0 Å². The molecule has 8 heteroatoms. The van der Waals surface area contributed by atoms with Gasteiger partial charge < -0.3 is 24.4 Å². The number of carbonyl (C=O) groups is 2. The average Bonchev–Trinajstić information content (AvgIpc) is 2.90. The largest absolute Gasteiger partial charge is 0.457 e. The normalized spacial score (nSPS) is 25.1. The fourth-order valence-corrected chi connectivity index (χ4v) is 5.92. The van der Waals surface area contributed by atoms with E-state index in [0.717, 1.165) is 25.9 Å². The number of esters is 1. The Morgan fingerprint density at radius 3 is 2.28 bits per heavy atom. The molecular weight excluding hydrogens is 458 g/mol. The molecule has 2 bridgehead atoms. The summed E-state index contributed by atoms with van der Waals surface area (Å²) in [7, 11) is 0. The Labute approximate surface area is 209 Å². The number of ether oxygens (including phenoxy) is 2. The van der Waals surface area contributed by atoms with Crippen LogP contribution in [0.1, 0.15) is 24.0 Å². The van der Waals surface area contributed by atoms with Gasteiger partial charge in [-0.25, -0.2) is 9.78 Å². The zero-order valence-electron chi connectivity index (χ0n) is 19.8. The number of hydrogen-bond donors (Lipinski definition) is 2. The maximum absolute atomic E-state index is 13.7. The van der Waals surface area contributed by atoms with Crippen LogP contribution in [-0.4, -0.2) is 58.7 Å². The minimum Gasteiger partial charge on any atom is -0.457 e. The Morgan fingerprint density at radius 1 is 1.00 bits per heavy atom. The van der Waals surface area contributed by atoms with Gasteiger partial charge in [0.1, 0.15) is 23.9 Å². The average molecular weight is 487 g/mol. The van der Waals surface area contributed by atoms with Gasteiger partial charge in [0.25, 0.3) is 5.91 Å². The summed E-state index contributed by atoms with van der Waals surface area (Å²) in [5, 5.41) is 14.8. The summed E-state index contributed by atoms with van der Waals surface area (Å²) in [6.45, 7) is 2.55. The predicted molar refractivity (Wildman–Crippen MR) is 131 cm³/mol. The van der Waals surface area contributed by atoms with E-state index in [1.54, 1.807) is 66.9 Å². The first-order valence-corrected chi connectivity index (χ1v) is 12.3. The molecule has 2 N–H and O–H groups in total. The van der Waals surface area contributed by atoms with E-state index in [0.29, 0.717) is 46.0 Å². The second-order valence-corrected chi connectivity index (χ2v) is 9.98. The summed E-state index contributed by atoms with van der Waals surface area (Å²) in [5.41, 5.74) is -1.24. The Morgan fingerprint density at radius 2 is 1.64 bits per heavy atom. The summed E-state index contributed by atoms with van der Waals surface area (Å²) < 4.78 is 12.6. The minimum absolute atomic E-state index is 0.106. The standard InChI is InChI=1S/C28H27N3O5/c32-26(30-25-11-5-6-14-29-25)18-31-15-12-19(13-16-31)24(17-31)36-27(33)28(34)20-7-1-3-9-22(20)35-23-10-4-2-8-21(23)28/h1-11,14,19,24,34H,12-13,15-18H2/p+1/t19?,24-,31?/m0/s1. The number of nitrogens with zero attached hydrogens (tertiary/aromatic N) is 2. The lowest BCUT2D eigenvalue weighted by Crippen LogP contribution is -2.66. The van der Waals surface area contributed by atoms with Crippen molar-refractivity contribution in [2.24, 2.45) is 5.92 Å². The second-order valence-electron chi connectivity index (χ2n) is 9.98. The molecular formula is C28H28N3O5+. The molecule has 3 fully saturated rings. The molecule has 1 aromatic heterocycles. The van der Waals surface area contributed by atoms with Gasteiger partial charge in [-0.3, -0.25) is 4.79 Å². The molecule has 3 aromatic rings. The van der Waals surface area contributed by atoms with E-state index >= 15 is 0 Å². The lowest BCUT2D eigenvalue weighted by Gasteiger charge is -2.51. The van der Waals surface area contributed by atoms with E-state index in [9.17, 15) is 14.7 Å². The number of quaternary nitrogens is 1.